The first kappa shape index (κ1) is 15.6. The molecule has 0 radical (unpaired) electrons. The van der Waals surface area contributed by atoms with Crippen LogP contribution in [0.3, 0.4) is 0 Å². The molecule has 1 saturated heterocycles. The van der Waals surface area contributed by atoms with Gasteiger partial charge in [0.05, 0.1) is 0 Å². The first-order valence-corrected chi connectivity index (χ1v) is 8.49. The lowest BCUT2D eigenvalue weighted by atomic mass is 10.1. The summed E-state index contributed by atoms with van der Waals surface area (Å²) >= 11 is 0. The number of rotatable bonds is 3. The van der Waals surface area contributed by atoms with E-state index in [4.69, 9.17) is 4.52 Å². The smallest absolute Gasteiger partial charge is 0.254 e. The summed E-state index contributed by atoms with van der Waals surface area (Å²) in [5.74, 6) is 1.09. The monoisotopic (exact) mass is 333 g/mol. The summed E-state index contributed by atoms with van der Waals surface area (Å²) in [6, 6.07) is 17.2. The van der Waals surface area contributed by atoms with Crippen molar-refractivity contribution >= 4 is 5.91 Å². The Morgan fingerprint density at radius 1 is 1.12 bits per heavy atom. The van der Waals surface area contributed by atoms with E-state index in [1.54, 1.807) is 0 Å². The molecule has 5 heteroatoms. The SMILES string of the molecule is Cc1ccc(C(=O)N2CCC[C@@H]2c2nc(-c3ccccc3)no2)cc1. The van der Waals surface area contributed by atoms with Crippen LogP contribution in [-0.4, -0.2) is 27.5 Å². The van der Waals surface area contributed by atoms with Crippen LogP contribution in [0.2, 0.25) is 0 Å². The van der Waals surface area contributed by atoms with E-state index in [1.165, 1.54) is 0 Å². The largest absolute Gasteiger partial charge is 0.337 e. The Hall–Kier alpha value is -2.95. The lowest BCUT2D eigenvalue weighted by Gasteiger charge is -2.22. The second-order valence-electron chi connectivity index (χ2n) is 6.34. The van der Waals surface area contributed by atoms with Crippen molar-refractivity contribution in [2.24, 2.45) is 0 Å². The molecule has 0 saturated carbocycles. The molecule has 2 heterocycles. The number of aryl methyl sites for hydroxylation is 1. The first-order valence-electron chi connectivity index (χ1n) is 8.49. The van der Waals surface area contributed by atoms with Crippen LogP contribution in [0, 0.1) is 6.92 Å². The van der Waals surface area contributed by atoms with Gasteiger partial charge in [0.1, 0.15) is 6.04 Å². The van der Waals surface area contributed by atoms with Gasteiger partial charge in [-0.2, -0.15) is 4.98 Å². The van der Waals surface area contributed by atoms with Gasteiger partial charge in [0.15, 0.2) is 0 Å². The van der Waals surface area contributed by atoms with Crippen molar-refractivity contribution in [3.63, 3.8) is 0 Å². The zero-order valence-corrected chi connectivity index (χ0v) is 14.1. The van der Waals surface area contributed by atoms with E-state index >= 15 is 0 Å². The predicted octanol–water partition coefficient (Wildman–Crippen LogP) is 4.02. The Balaban J connectivity index is 1.58. The fraction of sp³-hybridized carbons (Fsp3) is 0.250. The average molecular weight is 333 g/mol. The molecule has 1 atom stereocenters. The highest BCUT2D eigenvalue weighted by Crippen LogP contribution is 2.33. The maximum absolute atomic E-state index is 12.9. The molecule has 1 aliphatic rings. The van der Waals surface area contributed by atoms with Crippen LogP contribution in [0.25, 0.3) is 11.4 Å². The molecule has 0 N–H and O–H groups in total. The highest BCUT2D eigenvalue weighted by Gasteiger charge is 2.34. The summed E-state index contributed by atoms with van der Waals surface area (Å²) in [5, 5.41) is 4.09. The minimum atomic E-state index is -0.154. The molecule has 0 spiro atoms. The Labute approximate surface area is 146 Å². The van der Waals surface area contributed by atoms with Gasteiger partial charge in [-0.05, 0) is 31.9 Å². The van der Waals surface area contributed by atoms with Gasteiger partial charge in [-0.3, -0.25) is 4.79 Å². The van der Waals surface area contributed by atoms with Crippen molar-refractivity contribution in [3.8, 4) is 11.4 Å². The van der Waals surface area contributed by atoms with Crippen LogP contribution in [0.4, 0.5) is 0 Å². The van der Waals surface area contributed by atoms with Crippen LogP contribution in [0.15, 0.2) is 59.1 Å². The minimum Gasteiger partial charge on any atom is -0.337 e. The van der Waals surface area contributed by atoms with E-state index in [0.29, 0.717) is 23.8 Å². The normalized spacial score (nSPS) is 17.0. The molecule has 25 heavy (non-hydrogen) atoms. The van der Waals surface area contributed by atoms with Crippen molar-refractivity contribution in [2.75, 3.05) is 6.54 Å². The van der Waals surface area contributed by atoms with Crippen molar-refractivity contribution in [2.45, 2.75) is 25.8 Å². The molecular formula is C20H19N3O2. The van der Waals surface area contributed by atoms with Gasteiger partial charge in [0.2, 0.25) is 11.7 Å². The number of aromatic nitrogens is 2. The molecular weight excluding hydrogens is 314 g/mol. The average Bonchev–Trinajstić information content (AvgIpc) is 3.32. The number of amides is 1. The molecule has 0 bridgehead atoms. The summed E-state index contributed by atoms with van der Waals surface area (Å²) in [4.78, 5) is 19.2. The highest BCUT2D eigenvalue weighted by molar-refractivity contribution is 5.94. The standard InChI is InChI=1S/C20H19N3O2/c1-14-9-11-16(12-10-14)20(24)23-13-5-8-17(23)19-21-18(22-25-19)15-6-3-2-4-7-15/h2-4,6-7,9-12,17H,5,8,13H2,1H3/t17-/m1/s1. The number of hydrogen-bond acceptors (Lipinski definition) is 4. The third-order valence-electron chi connectivity index (χ3n) is 4.57. The van der Waals surface area contributed by atoms with Crippen molar-refractivity contribution in [3.05, 3.63) is 71.6 Å². The topological polar surface area (TPSA) is 59.2 Å². The van der Waals surface area contributed by atoms with Gasteiger partial charge >= 0.3 is 0 Å². The molecule has 0 aliphatic carbocycles. The van der Waals surface area contributed by atoms with Crippen LogP contribution < -0.4 is 0 Å². The molecule has 126 valence electrons. The van der Waals surface area contributed by atoms with Gasteiger partial charge in [0.25, 0.3) is 5.91 Å². The Bertz CT molecular complexity index is 871. The fourth-order valence-corrected chi connectivity index (χ4v) is 3.20. The number of likely N-dealkylation sites (tertiary alicyclic amines) is 1. The van der Waals surface area contributed by atoms with Gasteiger partial charge in [-0.25, -0.2) is 0 Å². The van der Waals surface area contributed by atoms with Gasteiger partial charge < -0.3 is 9.42 Å². The zero-order valence-electron chi connectivity index (χ0n) is 14.1. The molecule has 1 amide bonds. The second kappa shape index (κ2) is 6.51. The van der Waals surface area contributed by atoms with Gasteiger partial charge in [-0.15, -0.1) is 0 Å². The van der Waals surface area contributed by atoms with E-state index in [1.807, 2.05) is 66.4 Å². The molecule has 3 aromatic rings. The summed E-state index contributed by atoms with van der Waals surface area (Å²) in [7, 11) is 0. The number of hydrogen-bond donors (Lipinski definition) is 0. The van der Waals surface area contributed by atoms with Gasteiger partial charge in [-0.1, -0.05) is 53.2 Å². The number of nitrogens with zero attached hydrogens (tertiary/aromatic N) is 3. The predicted molar refractivity (Wildman–Crippen MR) is 93.9 cm³/mol. The molecule has 2 aromatic carbocycles. The third kappa shape index (κ3) is 3.05. The Morgan fingerprint density at radius 3 is 2.64 bits per heavy atom. The zero-order chi connectivity index (χ0) is 17.2. The van der Waals surface area contributed by atoms with Crippen LogP contribution in [-0.2, 0) is 0 Å². The number of benzene rings is 2. The summed E-state index contributed by atoms with van der Waals surface area (Å²) < 4.78 is 5.48. The van der Waals surface area contributed by atoms with Crippen LogP contribution in [0.5, 0.6) is 0 Å². The van der Waals surface area contributed by atoms with Crippen molar-refractivity contribution in [1.29, 1.82) is 0 Å². The van der Waals surface area contributed by atoms with E-state index < -0.39 is 0 Å². The van der Waals surface area contributed by atoms with E-state index in [9.17, 15) is 4.79 Å². The molecule has 1 aromatic heterocycles. The van der Waals surface area contributed by atoms with Crippen LogP contribution in [0.1, 0.15) is 40.7 Å². The number of carbonyl (C=O) groups excluding carboxylic acids is 1. The summed E-state index contributed by atoms with van der Waals surface area (Å²) in [6.07, 6.45) is 1.78. The second-order valence-corrected chi connectivity index (χ2v) is 6.34. The quantitative estimate of drug-likeness (QED) is 0.726. The number of carbonyl (C=O) groups is 1. The van der Waals surface area contributed by atoms with E-state index in [2.05, 4.69) is 10.1 Å². The van der Waals surface area contributed by atoms with E-state index in [0.717, 1.165) is 24.0 Å². The Kier molecular flexibility index (Phi) is 4.06. The molecule has 5 nitrogen and oxygen atoms in total. The molecule has 0 unspecified atom stereocenters. The third-order valence-corrected chi connectivity index (χ3v) is 4.57. The van der Waals surface area contributed by atoms with Crippen molar-refractivity contribution < 1.29 is 9.32 Å². The minimum absolute atomic E-state index is 0.0157. The van der Waals surface area contributed by atoms with Gasteiger partial charge in [0, 0.05) is 17.7 Å². The maximum atomic E-state index is 12.9. The maximum Gasteiger partial charge on any atom is 0.254 e. The Morgan fingerprint density at radius 2 is 1.88 bits per heavy atom. The van der Waals surface area contributed by atoms with Crippen LogP contribution >= 0.6 is 0 Å². The highest BCUT2D eigenvalue weighted by atomic mass is 16.5. The first-order chi connectivity index (χ1) is 12.2. The summed E-state index contributed by atoms with van der Waals surface area (Å²) in [5.41, 5.74) is 2.74. The lowest BCUT2D eigenvalue weighted by Crippen LogP contribution is -2.30. The molecule has 4 rings (SSSR count). The summed E-state index contributed by atoms with van der Waals surface area (Å²) in [6.45, 7) is 2.72. The lowest BCUT2D eigenvalue weighted by molar-refractivity contribution is 0.0710. The molecule has 1 aliphatic heterocycles. The van der Waals surface area contributed by atoms with E-state index in [-0.39, 0.29) is 11.9 Å². The molecule has 1 fully saturated rings. The fourth-order valence-electron chi connectivity index (χ4n) is 3.20. The van der Waals surface area contributed by atoms with Crippen molar-refractivity contribution in [1.82, 2.24) is 15.0 Å².